The summed E-state index contributed by atoms with van der Waals surface area (Å²) in [5.41, 5.74) is 7.35. The largest absolute Gasteiger partial charge is 0.310 e. The topological polar surface area (TPSA) is 20.3 Å². The lowest BCUT2D eigenvalue weighted by molar-refractivity contribution is 0.103. The first-order valence-electron chi connectivity index (χ1n) is 10.3. The highest BCUT2D eigenvalue weighted by atomic mass is 16.1. The molecule has 5 rings (SSSR count). The maximum Gasteiger partial charge on any atom is 0.193 e. The molecule has 0 amide bonds. The van der Waals surface area contributed by atoms with Gasteiger partial charge in [-0.25, -0.2) is 0 Å². The van der Waals surface area contributed by atoms with Crippen LogP contribution >= 0.6 is 0 Å². The van der Waals surface area contributed by atoms with Crippen molar-refractivity contribution in [3.05, 3.63) is 125 Å². The Bertz CT molecular complexity index is 1170. The quantitative estimate of drug-likeness (QED) is 0.351. The van der Waals surface area contributed by atoms with E-state index in [1.165, 1.54) is 22.5 Å². The molecule has 2 heteroatoms. The summed E-state index contributed by atoms with van der Waals surface area (Å²) >= 11 is 0. The molecule has 30 heavy (non-hydrogen) atoms. The number of benzene rings is 4. The molecule has 0 atom stereocenters. The van der Waals surface area contributed by atoms with Crippen LogP contribution in [0, 0.1) is 0 Å². The van der Waals surface area contributed by atoms with Gasteiger partial charge in [-0.2, -0.15) is 0 Å². The predicted molar refractivity (Wildman–Crippen MR) is 123 cm³/mol. The van der Waals surface area contributed by atoms with Crippen LogP contribution in [0.5, 0.6) is 0 Å². The minimum atomic E-state index is -0.0765. The standard InChI is InChI=1S/C28H23NO/c1-28(2)23-12-6-8-14-25(23)29(26-15-9-7-13-24(26)28)22-18-16-21(17-19-22)27(30)20-10-4-3-5-11-20/h3-19H,1-2H3. The molecule has 0 fully saturated rings. The van der Waals surface area contributed by atoms with Crippen LogP contribution in [0.4, 0.5) is 17.1 Å². The normalized spacial score (nSPS) is 14.0. The monoisotopic (exact) mass is 389 g/mol. The third-order valence-corrected chi connectivity index (χ3v) is 6.06. The van der Waals surface area contributed by atoms with Gasteiger partial charge in [0.05, 0.1) is 11.4 Å². The number of ketones is 1. The van der Waals surface area contributed by atoms with E-state index in [1.54, 1.807) is 0 Å². The molecule has 0 N–H and O–H groups in total. The maximum absolute atomic E-state index is 12.8. The molecular formula is C28H23NO. The smallest absolute Gasteiger partial charge is 0.193 e. The van der Waals surface area contributed by atoms with E-state index in [2.05, 4.69) is 67.3 Å². The van der Waals surface area contributed by atoms with Gasteiger partial charge in [0.25, 0.3) is 0 Å². The average molecular weight is 389 g/mol. The number of hydrogen-bond donors (Lipinski definition) is 0. The number of carbonyl (C=O) groups is 1. The number of nitrogens with zero attached hydrogens (tertiary/aromatic N) is 1. The van der Waals surface area contributed by atoms with Crippen LogP contribution in [0.3, 0.4) is 0 Å². The average Bonchev–Trinajstić information content (AvgIpc) is 2.80. The van der Waals surface area contributed by atoms with Gasteiger partial charge >= 0.3 is 0 Å². The Morgan fingerprint density at radius 3 is 1.63 bits per heavy atom. The van der Waals surface area contributed by atoms with Crippen LogP contribution in [0.25, 0.3) is 0 Å². The molecule has 4 aromatic carbocycles. The molecule has 0 saturated carbocycles. The summed E-state index contributed by atoms with van der Waals surface area (Å²) in [6, 6.07) is 34.5. The molecule has 0 unspecified atom stereocenters. The van der Waals surface area contributed by atoms with Gasteiger partial charge < -0.3 is 4.90 Å². The molecular weight excluding hydrogens is 366 g/mol. The van der Waals surface area contributed by atoms with Gasteiger partial charge in [-0.15, -0.1) is 0 Å². The van der Waals surface area contributed by atoms with E-state index < -0.39 is 0 Å². The zero-order chi connectivity index (χ0) is 20.7. The SMILES string of the molecule is CC1(C)c2ccccc2N(c2ccc(C(=O)c3ccccc3)cc2)c2ccccc21. The molecule has 1 heterocycles. The van der Waals surface area contributed by atoms with Crippen molar-refractivity contribution < 1.29 is 4.79 Å². The molecule has 2 nitrogen and oxygen atoms in total. The van der Waals surface area contributed by atoms with Crippen molar-refractivity contribution in [3.63, 3.8) is 0 Å². The zero-order valence-electron chi connectivity index (χ0n) is 17.2. The molecule has 0 bridgehead atoms. The lowest BCUT2D eigenvalue weighted by Gasteiger charge is -2.42. The Kier molecular flexibility index (Phi) is 4.29. The number of anilines is 3. The number of carbonyl (C=O) groups excluding carboxylic acids is 1. The van der Waals surface area contributed by atoms with Crippen LogP contribution in [0.2, 0.25) is 0 Å². The molecule has 1 aliphatic rings. The highest BCUT2D eigenvalue weighted by Gasteiger charge is 2.36. The lowest BCUT2D eigenvalue weighted by Crippen LogP contribution is -2.30. The zero-order valence-corrected chi connectivity index (χ0v) is 17.2. The van der Waals surface area contributed by atoms with Crippen molar-refractivity contribution >= 4 is 22.8 Å². The lowest BCUT2D eigenvalue weighted by atomic mass is 9.73. The number of rotatable bonds is 3. The van der Waals surface area contributed by atoms with Crippen LogP contribution in [0.1, 0.15) is 40.9 Å². The van der Waals surface area contributed by atoms with Crippen LogP contribution in [0.15, 0.2) is 103 Å². The van der Waals surface area contributed by atoms with Gasteiger partial charge in [0, 0.05) is 22.2 Å². The molecule has 146 valence electrons. The second kappa shape index (κ2) is 7.00. The molecule has 0 aliphatic carbocycles. The summed E-state index contributed by atoms with van der Waals surface area (Å²) in [5.74, 6) is 0.0442. The van der Waals surface area contributed by atoms with Crippen LogP contribution < -0.4 is 4.90 Å². The molecule has 0 radical (unpaired) electrons. The number of para-hydroxylation sites is 2. The Balaban J connectivity index is 1.61. The fourth-order valence-corrected chi connectivity index (χ4v) is 4.47. The second-order valence-electron chi connectivity index (χ2n) is 8.24. The summed E-state index contributed by atoms with van der Waals surface area (Å²) in [5, 5.41) is 0. The van der Waals surface area contributed by atoms with Gasteiger partial charge in [-0.1, -0.05) is 80.6 Å². The van der Waals surface area contributed by atoms with E-state index in [0.717, 1.165) is 5.69 Å². The molecule has 0 aromatic heterocycles. The third kappa shape index (κ3) is 2.84. The van der Waals surface area contributed by atoms with Crippen molar-refractivity contribution in [3.8, 4) is 0 Å². The summed E-state index contributed by atoms with van der Waals surface area (Å²) in [6.07, 6.45) is 0. The summed E-state index contributed by atoms with van der Waals surface area (Å²) in [6.45, 7) is 4.56. The van der Waals surface area contributed by atoms with E-state index >= 15 is 0 Å². The van der Waals surface area contributed by atoms with Crippen LogP contribution in [-0.2, 0) is 5.41 Å². The van der Waals surface area contributed by atoms with Crippen molar-refractivity contribution in [2.24, 2.45) is 0 Å². The third-order valence-electron chi connectivity index (χ3n) is 6.06. The van der Waals surface area contributed by atoms with Crippen LogP contribution in [-0.4, -0.2) is 5.78 Å². The molecule has 1 aliphatic heterocycles. The molecule has 0 saturated heterocycles. The first kappa shape index (κ1) is 18.4. The second-order valence-corrected chi connectivity index (χ2v) is 8.24. The summed E-state index contributed by atoms with van der Waals surface area (Å²) < 4.78 is 0. The summed E-state index contributed by atoms with van der Waals surface area (Å²) in [4.78, 5) is 15.1. The first-order chi connectivity index (χ1) is 14.6. The Hall–Kier alpha value is -3.65. The fraction of sp³-hybridized carbons (Fsp3) is 0.107. The van der Waals surface area contributed by atoms with Gasteiger partial charge in [0.2, 0.25) is 0 Å². The van der Waals surface area contributed by atoms with Gasteiger partial charge in [0.1, 0.15) is 0 Å². The molecule has 4 aromatic rings. The minimum absolute atomic E-state index is 0.0442. The highest BCUT2D eigenvalue weighted by Crippen LogP contribution is 2.51. The number of fused-ring (bicyclic) bond motifs is 2. The predicted octanol–water partition coefficient (Wildman–Crippen LogP) is 7.03. The van der Waals surface area contributed by atoms with Gasteiger partial charge in [0.15, 0.2) is 5.78 Å². The maximum atomic E-state index is 12.8. The Morgan fingerprint density at radius 2 is 1.07 bits per heavy atom. The van der Waals surface area contributed by atoms with Gasteiger partial charge in [-0.05, 0) is 47.5 Å². The fourth-order valence-electron chi connectivity index (χ4n) is 4.47. The van der Waals surface area contributed by atoms with Crippen molar-refractivity contribution in [1.82, 2.24) is 0 Å². The first-order valence-corrected chi connectivity index (χ1v) is 10.3. The molecule has 0 spiro atoms. The van der Waals surface area contributed by atoms with Crippen molar-refractivity contribution in [2.75, 3.05) is 4.90 Å². The van der Waals surface area contributed by atoms with Gasteiger partial charge in [-0.3, -0.25) is 4.79 Å². The summed E-state index contributed by atoms with van der Waals surface area (Å²) in [7, 11) is 0. The highest BCUT2D eigenvalue weighted by molar-refractivity contribution is 6.09. The van der Waals surface area contributed by atoms with E-state index in [4.69, 9.17) is 0 Å². The van der Waals surface area contributed by atoms with Crippen molar-refractivity contribution in [1.29, 1.82) is 0 Å². The van der Waals surface area contributed by atoms with E-state index in [-0.39, 0.29) is 11.2 Å². The Morgan fingerprint density at radius 1 is 0.600 bits per heavy atom. The van der Waals surface area contributed by atoms with E-state index in [1.807, 2.05) is 54.6 Å². The van der Waals surface area contributed by atoms with Crippen molar-refractivity contribution in [2.45, 2.75) is 19.3 Å². The van der Waals surface area contributed by atoms with E-state index in [9.17, 15) is 4.79 Å². The minimum Gasteiger partial charge on any atom is -0.310 e. The van der Waals surface area contributed by atoms with E-state index in [0.29, 0.717) is 11.1 Å². The Labute approximate surface area is 177 Å². The number of hydrogen-bond acceptors (Lipinski definition) is 2.